The van der Waals surface area contributed by atoms with E-state index < -0.39 is 27.6 Å². The maximum Gasteiger partial charge on any atom is 0.416 e. The van der Waals surface area contributed by atoms with Crippen LogP contribution in [-0.4, -0.2) is 18.8 Å². The number of ketones is 1. The van der Waals surface area contributed by atoms with E-state index in [0.29, 0.717) is 0 Å². The third-order valence-corrected chi connectivity index (χ3v) is 4.06. The van der Waals surface area contributed by atoms with Crippen LogP contribution in [0, 0.1) is 6.92 Å². The van der Waals surface area contributed by atoms with Gasteiger partial charge in [-0.1, -0.05) is 12.1 Å². The van der Waals surface area contributed by atoms with Gasteiger partial charge < -0.3 is 0 Å². The number of aryl methyl sites for hydroxylation is 1. The van der Waals surface area contributed by atoms with Crippen LogP contribution in [0.25, 0.3) is 0 Å². The van der Waals surface area contributed by atoms with Crippen molar-refractivity contribution in [3.05, 3.63) is 64.7 Å². The first-order valence-electron chi connectivity index (χ1n) is 6.30. The predicted molar refractivity (Wildman–Crippen MR) is 75.9 cm³/mol. The Bertz CT molecular complexity index is 853. The fraction of sp³-hybridized carbons (Fsp3) is 0.133. The molecule has 0 amide bonds. The average molecular weight is 344 g/mol. The van der Waals surface area contributed by atoms with Gasteiger partial charge in [0.15, 0.2) is 5.78 Å². The molecular weight excluding hydrogens is 333 g/mol. The number of benzene rings is 2. The van der Waals surface area contributed by atoms with Crippen LogP contribution in [-0.2, 0) is 16.3 Å². The van der Waals surface area contributed by atoms with Gasteiger partial charge in [0.25, 0.3) is 10.1 Å². The van der Waals surface area contributed by atoms with Crippen molar-refractivity contribution in [1.29, 1.82) is 0 Å². The van der Waals surface area contributed by atoms with Crippen LogP contribution in [0.1, 0.15) is 27.0 Å². The molecule has 8 heteroatoms. The van der Waals surface area contributed by atoms with Gasteiger partial charge in [-0.25, -0.2) is 0 Å². The van der Waals surface area contributed by atoms with Crippen molar-refractivity contribution >= 4 is 15.9 Å². The first-order valence-corrected chi connectivity index (χ1v) is 7.74. The molecule has 2 rings (SSSR count). The summed E-state index contributed by atoms with van der Waals surface area (Å²) < 4.78 is 68.5. The van der Waals surface area contributed by atoms with Gasteiger partial charge >= 0.3 is 6.18 Å². The van der Waals surface area contributed by atoms with E-state index in [4.69, 9.17) is 4.55 Å². The standard InChI is InChI=1S/C15H11F3O4S/c1-9-8-12(23(20,21)22)6-7-13(9)14(19)10-2-4-11(5-3-10)15(16,17)18/h2-8H,1H3,(H,20,21,22). The maximum absolute atomic E-state index is 12.5. The van der Waals surface area contributed by atoms with E-state index in [1.54, 1.807) is 0 Å². The summed E-state index contributed by atoms with van der Waals surface area (Å²) in [6.45, 7) is 1.46. The molecule has 0 aliphatic rings. The van der Waals surface area contributed by atoms with E-state index in [2.05, 4.69) is 0 Å². The van der Waals surface area contributed by atoms with Crippen LogP contribution in [0.3, 0.4) is 0 Å². The number of carbonyl (C=O) groups excluding carboxylic acids is 1. The highest BCUT2D eigenvalue weighted by molar-refractivity contribution is 7.85. The fourth-order valence-electron chi connectivity index (χ4n) is 2.02. The summed E-state index contributed by atoms with van der Waals surface area (Å²) in [5.41, 5.74) is -0.407. The molecule has 2 aromatic carbocycles. The molecule has 1 N–H and O–H groups in total. The summed E-state index contributed by atoms with van der Waals surface area (Å²) in [6, 6.07) is 7.09. The lowest BCUT2D eigenvalue weighted by atomic mass is 9.98. The smallest absolute Gasteiger partial charge is 0.289 e. The predicted octanol–water partition coefficient (Wildman–Crippen LogP) is 3.49. The van der Waals surface area contributed by atoms with E-state index in [1.807, 2.05) is 0 Å². The molecule has 0 bridgehead atoms. The molecule has 0 atom stereocenters. The lowest BCUT2D eigenvalue weighted by Crippen LogP contribution is -2.08. The molecular formula is C15H11F3O4S. The molecule has 0 saturated carbocycles. The molecule has 23 heavy (non-hydrogen) atoms. The van der Waals surface area contributed by atoms with Gasteiger partial charge in [-0.3, -0.25) is 9.35 Å². The number of carbonyl (C=O) groups is 1. The highest BCUT2D eigenvalue weighted by Crippen LogP contribution is 2.29. The van der Waals surface area contributed by atoms with E-state index in [9.17, 15) is 26.4 Å². The summed E-state index contributed by atoms with van der Waals surface area (Å²) in [6.07, 6.45) is -4.49. The Kier molecular flexibility index (Phi) is 4.32. The van der Waals surface area contributed by atoms with Crippen molar-refractivity contribution in [2.45, 2.75) is 18.0 Å². The topological polar surface area (TPSA) is 71.4 Å². The Balaban J connectivity index is 2.38. The summed E-state index contributed by atoms with van der Waals surface area (Å²) in [5, 5.41) is 0. The van der Waals surface area contributed by atoms with Gasteiger partial charge in [0.2, 0.25) is 0 Å². The molecule has 0 radical (unpaired) electrons. The third kappa shape index (κ3) is 3.77. The van der Waals surface area contributed by atoms with Crippen molar-refractivity contribution in [3.63, 3.8) is 0 Å². The Labute approximate surface area is 130 Å². The maximum atomic E-state index is 12.5. The first kappa shape index (κ1) is 17.2. The molecule has 0 unspecified atom stereocenters. The number of halogens is 3. The SMILES string of the molecule is Cc1cc(S(=O)(=O)O)ccc1C(=O)c1ccc(C(F)(F)F)cc1. The van der Waals surface area contributed by atoms with Crippen LogP contribution < -0.4 is 0 Å². The normalized spacial score (nSPS) is 12.2. The molecule has 0 fully saturated rings. The Hall–Kier alpha value is -2.19. The molecule has 4 nitrogen and oxygen atoms in total. The van der Waals surface area contributed by atoms with Crippen molar-refractivity contribution in [2.24, 2.45) is 0 Å². The molecule has 0 aliphatic heterocycles. The minimum atomic E-state index is -4.49. The Morgan fingerprint density at radius 2 is 1.61 bits per heavy atom. The number of rotatable bonds is 3. The van der Waals surface area contributed by atoms with Gasteiger partial charge in [0.05, 0.1) is 10.5 Å². The lowest BCUT2D eigenvalue weighted by molar-refractivity contribution is -0.137. The summed E-state index contributed by atoms with van der Waals surface area (Å²) in [5.74, 6) is -0.543. The van der Waals surface area contributed by atoms with Crippen LogP contribution in [0.2, 0.25) is 0 Å². The summed E-state index contributed by atoms with van der Waals surface area (Å²) in [4.78, 5) is 11.9. The van der Waals surface area contributed by atoms with E-state index in [0.717, 1.165) is 36.4 Å². The highest BCUT2D eigenvalue weighted by atomic mass is 32.2. The molecule has 0 saturated heterocycles. The zero-order valence-electron chi connectivity index (χ0n) is 11.8. The van der Waals surface area contributed by atoms with Crippen LogP contribution >= 0.6 is 0 Å². The van der Waals surface area contributed by atoms with Crippen LogP contribution in [0.15, 0.2) is 47.4 Å². The number of alkyl halides is 3. The molecule has 122 valence electrons. The van der Waals surface area contributed by atoms with E-state index in [-0.39, 0.29) is 21.6 Å². The largest absolute Gasteiger partial charge is 0.416 e. The van der Waals surface area contributed by atoms with Gasteiger partial charge in [0.1, 0.15) is 0 Å². The number of hydrogen-bond acceptors (Lipinski definition) is 3. The third-order valence-electron chi connectivity index (χ3n) is 3.21. The van der Waals surface area contributed by atoms with Crippen molar-refractivity contribution in [1.82, 2.24) is 0 Å². The monoisotopic (exact) mass is 344 g/mol. The van der Waals surface area contributed by atoms with Gasteiger partial charge in [-0.15, -0.1) is 0 Å². The second-order valence-electron chi connectivity index (χ2n) is 4.86. The van der Waals surface area contributed by atoms with Crippen molar-refractivity contribution in [3.8, 4) is 0 Å². The van der Waals surface area contributed by atoms with Gasteiger partial charge in [-0.2, -0.15) is 21.6 Å². The second kappa shape index (κ2) is 5.78. The quantitative estimate of drug-likeness (QED) is 0.683. The summed E-state index contributed by atoms with van der Waals surface area (Å²) in [7, 11) is -4.39. The van der Waals surface area contributed by atoms with Crippen LogP contribution in [0.5, 0.6) is 0 Å². The highest BCUT2D eigenvalue weighted by Gasteiger charge is 2.30. The minimum Gasteiger partial charge on any atom is -0.289 e. The van der Waals surface area contributed by atoms with Crippen molar-refractivity contribution < 1.29 is 30.9 Å². The fourth-order valence-corrected chi connectivity index (χ4v) is 2.58. The number of hydrogen-bond donors (Lipinski definition) is 1. The zero-order chi connectivity index (χ0) is 17.4. The minimum absolute atomic E-state index is 0.0423. The van der Waals surface area contributed by atoms with Gasteiger partial charge in [-0.05, 0) is 42.8 Å². The lowest BCUT2D eigenvalue weighted by Gasteiger charge is -2.09. The van der Waals surface area contributed by atoms with E-state index >= 15 is 0 Å². The first-order chi connectivity index (χ1) is 10.5. The molecule has 0 heterocycles. The van der Waals surface area contributed by atoms with Crippen molar-refractivity contribution in [2.75, 3.05) is 0 Å². The van der Waals surface area contributed by atoms with Gasteiger partial charge in [0, 0.05) is 11.1 Å². The zero-order valence-corrected chi connectivity index (χ0v) is 12.6. The molecule has 0 spiro atoms. The molecule has 2 aromatic rings. The Morgan fingerprint density at radius 3 is 2.04 bits per heavy atom. The summed E-state index contributed by atoms with van der Waals surface area (Å²) >= 11 is 0. The molecule has 0 aliphatic carbocycles. The second-order valence-corrected chi connectivity index (χ2v) is 6.28. The van der Waals surface area contributed by atoms with Crippen LogP contribution in [0.4, 0.5) is 13.2 Å². The Morgan fingerprint density at radius 1 is 1.04 bits per heavy atom. The van der Waals surface area contributed by atoms with E-state index in [1.165, 1.54) is 13.0 Å². The average Bonchev–Trinajstić information content (AvgIpc) is 2.45. The molecule has 0 aromatic heterocycles.